The van der Waals surface area contributed by atoms with E-state index < -0.39 is 0 Å². The predicted molar refractivity (Wildman–Crippen MR) is 77.5 cm³/mol. The lowest BCUT2D eigenvalue weighted by Crippen LogP contribution is -2.51. The number of carbonyl (C=O) groups excluding carboxylic acids is 1. The lowest BCUT2D eigenvalue weighted by Gasteiger charge is -2.40. The van der Waals surface area contributed by atoms with E-state index >= 15 is 0 Å². The molecule has 0 radical (unpaired) electrons. The van der Waals surface area contributed by atoms with Gasteiger partial charge in [0.1, 0.15) is 0 Å². The van der Waals surface area contributed by atoms with Crippen LogP contribution in [0.2, 0.25) is 0 Å². The molecule has 3 heteroatoms. The van der Waals surface area contributed by atoms with Crippen molar-refractivity contribution in [3.63, 3.8) is 0 Å². The van der Waals surface area contributed by atoms with Crippen molar-refractivity contribution in [3.05, 3.63) is 35.9 Å². The Bertz CT molecular complexity index is 418. The van der Waals surface area contributed by atoms with Crippen LogP contribution in [0.4, 0.5) is 0 Å². The maximum atomic E-state index is 12.5. The number of benzene rings is 1. The lowest BCUT2D eigenvalue weighted by molar-refractivity contribution is -0.136. The predicted octanol–water partition coefficient (Wildman–Crippen LogP) is 2.63. The quantitative estimate of drug-likeness (QED) is 0.855. The number of rotatable bonds is 5. The van der Waals surface area contributed by atoms with E-state index in [4.69, 9.17) is 5.73 Å². The van der Waals surface area contributed by atoms with Crippen molar-refractivity contribution in [1.82, 2.24) is 5.32 Å². The second-order valence-corrected chi connectivity index (χ2v) is 5.94. The molecule has 0 saturated heterocycles. The van der Waals surface area contributed by atoms with Crippen LogP contribution in [0.3, 0.4) is 0 Å². The van der Waals surface area contributed by atoms with E-state index in [0.29, 0.717) is 12.5 Å². The van der Waals surface area contributed by atoms with Crippen LogP contribution in [0.5, 0.6) is 0 Å². The average molecular weight is 260 g/mol. The minimum atomic E-state index is -0.304. The zero-order valence-electron chi connectivity index (χ0n) is 11.9. The Hall–Kier alpha value is -1.35. The Labute approximate surface area is 115 Å². The first-order chi connectivity index (χ1) is 9.09. The van der Waals surface area contributed by atoms with Crippen molar-refractivity contribution >= 4 is 5.91 Å². The molecular weight excluding hydrogens is 236 g/mol. The highest BCUT2D eigenvalue weighted by Crippen LogP contribution is 2.40. The molecular formula is C16H24N2O. The summed E-state index contributed by atoms with van der Waals surface area (Å²) >= 11 is 0. The Balaban J connectivity index is 2.12. The van der Waals surface area contributed by atoms with E-state index in [-0.39, 0.29) is 17.4 Å². The van der Waals surface area contributed by atoms with Gasteiger partial charge in [-0.3, -0.25) is 4.79 Å². The molecule has 1 amide bonds. The summed E-state index contributed by atoms with van der Waals surface area (Å²) < 4.78 is 0. The molecule has 0 aliphatic heterocycles. The zero-order valence-corrected chi connectivity index (χ0v) is 11.9. The van der Waals surface area contributed by atoms with E-state index in [1.165, 1.54) is 0 Å². The van der Waals surface area contributed by atoms with Gasteiger partial charge in [0, 0.05) is 6.54 Å². The van der Waals surface area contributed by atoms with Crippen LogP contribution in [0.1, 0.15) is 44.7 Å². The van der Waals surface area contributed by atoms with Gasteiger partial charge in [-0.2, -0.15) is 0 Å². The monoisotopic (exact) mass is 260 g/mol. The number of nitrogens with two attached hydrogens (primary N) is 1. The largest absolute Gasteiger partial charge is 0.349 e. The van der Waals surface area contributed by atoms with Crippen LogP contribution in [0.25, 0.3) is 0 Å². The van der Waals surface area contributed by atoms with E-state index in [9.17, 15) is 4.79 Å². The first-order valence-corrected chi connectivity index (χ1v) is 7.15. The summed E-state index contributed by atoms with van der Waals surface area (Å²) in [6, 6.07) is 10.2. The molecule has 3 N–H and O–H groups in total. The molecule has 104 valence electrons. The normalized spacial score (nSPS) is 18.7. The highest BCUT2D eigenvalue weighted by molar-refractivity contribution is 5.84. The topological polar surface area (TPSA) is 55.1 Å². The van der Waals surface area contributed by atoms with E-state index in [1.54, 1.807) is 0 Å². The molecule has 1 unspecified atom stereocenters. The number of amides is 1. The van der Waals surface area contributed by atoms with Gasteiger partial charge in [0.05, 0.1) is 11.5 Å². The van der Waals surface area contributed by atoms with Crippen molar-refractivity contribution in [1.29, 1.82) is 0 Å². The number of hydrogen-bond donors (Lipinski definition) is 2. The summed E-state index contributed by atoms with van der Waals surface area (Å²) in [5, 5.41) is 3.21. The third-order valence-electron chi connectivity index (χ3n) is 4.30. The number of carbonyl (C=O) groups is 1. The molecule has 1 aliphatic carbocycles. The first kappa shape index (κ1) is 14.1. The molecule has 0 bridgehead atoms. The molecule has 0 heterocycles. The van der Waals surface area contributed by atoms with Crippen molar-refractivity contribution in [2.45, 2.75) is 39.2 Å². The standard InChI is InChI=1S/C16H24N2O/c1-12(2)14(13-7-4-3-5-8-13)18-15(19)16(11-17)9-6-10-16/h3-5,7-8,12,14H,6,9-11,17H2,1-2H3,(H,18,19). The molecule has 0 aromatic heterocycles. The summed E-state index contributed by atoms with van der Waals surface area (Å²) in [6.45, 7) is 4.72. The second kappa shape index (κ2) is 5.74. The van der Waals surface area contributed by atoms with Crippen molar-refractivity contribution in [2.24, 2.45) is 17.1 Å². The van der Waals surface area contributed by atoms with Gasteiger partial charge in [0.15, 0.2) is 0 Å². The fourth-order valence-corrected chi connectivity index (χ4v) is 2.72. The van der Waals surface area contributed by atoms with E-state index in [1.807, 2.05) is 18.2 Å². The van der Waals surface area contributed by atoms with E-state index in [0.717, 1.165) is 24.8 Å². The van der Waals surface area contributed by atoms with Gasteiger partial charge in [0.25, 0.3) is 0 Å². The molecule has 1 saturated carbocycles. The van der Waals surface area contributed by atoms with Gasteiger partial charge in [-0.15, -0.1) is 0 Å². The summed E-state index contributed by atoms with van der Waals surface area (Å²) in [7, 11) is 0. The molecule has 3 nitrogen and oxygen atoms in total. The molecule has 1 atom stereocenters. The Kier molecular flexibility index (Phi) is 4.25. The molecule has 0 spiro atoms. The fraction of sp³-hybridized carbons (Fsp3) is 0.562. The minimum Gasteiger partial charge on any atom is -0.349 e. The summed E-state index contributed by atoms with van der Waals surface area (Å²) in [6.07, 6.45) is 2.96. The maximum absolute atomic E-state index is 12.5. The molecule has 1 fully saturated rings. The highest BCUT2D eigenvalue weighted by Gasteiger charge is 2.43. The lowest BCUT2D eigenvalue weighted by atomic mass is 9.68. The van der Waals surface area contributed by atoms with Crippen molar-refractivity contribution in [2.75, 3.05) is 6.54 Å². The van der Waals surface area contributed by atoms with Crippen molar-refractivity contribution < 1.29 is 4.79 Å². The van der Waals surface area contributed by atoms with Gasteiger partial charge in [-0.05, 0) is 24.3 Å². The van der Waals surface area contributed by atoms with Crippen LogP contribution in [-0.4, -0.2) is 12.5 Å². The third-order valence-corrected chi connectivity index (χ3v) is 4.30. The fourth-order valence-electron chi connectivity index (χ4n) is 2.72. The summed E-state index contributed by atoms with van der Waals surface area (Å²) in [4.78, 5) is 12.5. The highest BCUT2D eigenvalue weighted by atomic mass is 16.2. The second-order valence-electron chi connectivity index (χ2n) is 5.94. The van der Waals surface area contributed by atoms with Crippen LogP contribution >= 0.6 is 0 Å². The van der Waals surface area contributed by atoms with Crippen LogP contribution in [0, 0.1) is 11.3 Å². The number of hydrogen-bond acceptors (Lipinski definition) is 2. The van der Waals surface area contributed by atoms with Gasteiger partial charge < -0.3 is 11.1 Å². The van der Waals surface area contributed by atoms with Crippen LogP contribution in [0.15, 0.2) is 30.3 Å². The average Bonchev–Trinajstić information content (AvgIpc) is 2.36. The van der Waals surface area contributed by atoms with Gasteiger partial charge in [-0.25, -0.2) is 0 Å². The minimum absolute atomic E-state index is 0.0673. The SMILES string of the molecule is CC(C)C(NC(=O)C1(CN)CCC1)c1ccccc1. The smallest absolute Gasteiger partial charge is 0.227 e. The van der Waals surface area contributed by atoms with Crippen LogP contribution in [-0.2, 0) is 4.79 Å². The first-order valence-electron chi connectivity index (χ1n) is 7.15. The summed E-state index contributed by atoms with van der Waals surface area (Å²) in [5.41, 5.74) is 6.66. The van der Waals surface area contributed by atoms with Gasteiger partial charge in [-0.1, -0.05) is 50.6 Å². The third kappa shape index (κ3) is 2.81. The molecule has 2 rings (SSSR count). The van der Waals surface area contributed by atoms with Crippen molar-refractivity contribution in [3.8, 4) is 0 Å². The number of nitrogens with one attached hydrogen (secondary N) is 1. The Morgan fingerprint density at radius 1 is 1.32 bits per heavy atom. The molecule has 1 aromatic carbocycles. The molecule has 1 aromatic rings. The molecule has 19 heavy (non-hydrogen) atoms. The molecule has 1 aliphatic rings. The maximum Gasteiger partial charge on any atom is 0.227 e. The van der Waals surface area contributed by atoms with E-state index in [2.05, 4.69) is 31.3 Å². The summed E-state index contributed by atoms with van der Waals surface area (Å²) in [5.74, 6) is 0.491. The van der Waals surface area contributed by atoms with Crippen LogP contribution < -0.4 is 11.1 Å². The van der Waals surface area contributed by atoms with Gasteiger partial charge >= 0.3 is 0 Å². The zero-order chi connectivity index (χ0) is 13.9. The van der Waals surface area contributed by atoms with Gasteiger partial charge in [0.2, 0.25) is 5.91 Å². The Morgan fingerprint density at radius 2 is 1.95 bits per heavy atom. The Morgan fingerprint density at radius 3 is 2.37 bits per heavy atom.